The second kappa shape index (κ2) is 6.50. The zero-order valence-electron chi connectivity index (χ0n) is 13.0. The fourth-order valence-corrected chi connectivity index (χ4v) is 3.16. The lowest BCUT2D eigenvalue weighted by molar-refractivity contribution is 0.468. The Hall–Kier alpha value is -1.20. The average molecular weight is 292 g/mol. The van der Waals surface area contributed by atoms with E-state index >= 15 is 0 Å². The van der Waals surface area contributed by atoms with Crippen molar-refractivity contribution in [3.8, 4) is 0 Å². The van der Waals surface area contributed by atoms with Crippen molar-refractivity contribution < 1.29 is 0 Å². The Bertz CT molecular complexity index is 558. The maximum atomic E-state index is 4.62. The normalized spacial score (nSPS) is 14.4. The van der Waals surface area contributed by atoms with Crippen LogP contribution in [0.1, 0.15) is 60.5 Å². The maximum Gasteiger partial charge on any atom is 0.0900 e. The van der Waals surface area contributed by atoms with Gasteiger partial charge in [-0.3, -0.25) is 4.68 Å². The van der Waals surface area contributed by atoms with Crippen molar-refractivity contribution in [2.24, 2.45) is 0 Å². The Labute approximate surface area is 125 Å². The van der Waals surface area contributed by atoms with Crippen LogP contribution in [0.25, 0.3) is 0 Å². The standard InChI is InChI=1S/C15H24N4S/c1-6-10(2)19-8-7-14(18-19)9-16-11(3)15-12(4)17-13(5)20-15/h7-8,10-11,16H,6,9H2,1-5H3. The van der Waals surface area contributed by atoms with Gasteiger partial charge in [0, 0.05) is 29.7 Å². The van der Waals surface area contributed by atoms with Crippen molar-refractivity contribution in [3.05, 3.63) is 33.5 Å². The van der Waals surface area contributed by atoms with Gasteiger partial charge in [0.2, 0.25) is 0 Å². The number of thiazole rings is 1. The molecule has 2 aromatic heterocycles. The van der Waals surface area contributed by atoms with E-state index in [4.69, 9.17) is 0 Å². The van der Waals surface area contributed by atoms with E-state index in [0.29, 0.717) is 12.1 Å². The van der Waals surface area contributed by atoms with Gasteiger partial charge in [-0.25, -0.2) is 4.98 Å². The molecular formula is C15H24N4S. The van der Waals surface area contributed by atoms with Gasteiger partial charge in [-0.1, -0.05) is 6.92 Å². The molecule has 0 aliphatic rings. The Morgan fingerprint density at radius 2 is 2.10 bits per heavy atom. The number of nitrogens with one attached hydrogen (secondary N) is 1. The molecule has 2 rings (SSSR count). The molecular weight excluding hydrogens is 268 g/mol. The summed E-state index contributed by atoms with van der Waals surface area (Å²) in [6.45, 7) is 11.5. The third kappa shape index (κ3) is 3.46. The van der Waals surface area contributed by atoms with Crippen LogP contribution in [0.4, 0.5) is 0 Å². The minimum atomic E-state index is 0.315. The van der Waals surface area contributed by atoms with Crippen molar-refractivity contribution in [2.45, 2.75) is 59.7 Å². The smallest absolute Gasteiger partial charge is 0.0900 e. The Balaban J connectivity index is 1.95. The predicted octanol–water partition coefficient (Wildman–Crippen LogP) is 3.78. The van der Waals surface area contributed by atoms with Gasteiger partial charge < -0.3 is 5.32 Å². The minimum Gasteiger partial charge on any atom is -0.304 e. The molecule has 0 saturated heterocycles. The first-order valence-corrected chi connectivity index (χ1v) is 8.04. The molecule has 110 valence electrons. The summed E-state index contributed by atoms with van der Waals surface area (Å²) < 4.78 is 2.05. The molecule has 0 fully saturated rings. The van der Waals surface area contributed by atoms with Gasteiger partial charge in [0.1, 0.15) is 0 Å². The predicted molar refractivity (Wildman–Crippen MR) is 84.1 cm³/mol. The topological polar surface area (TPSA) is 42.7 Å². The number of aryl methyl sites for hydroxylation is 2. The van der Waals surface area contributed by atoms with Crippen LogP contribution in [0.5, 0.6) is 0 Å². The Morgan fingerprint density at radius 3 is 2.70 bits per heavy atom. The molecule has 2 heterocycles. The number of nitrogens with zero attached hydrogens (tertiary/aromatic N) is 3. The largest absolute Gasteiger partial charge is 0.304 e. The maximum absolute atomic E-state index is 4.62. The lowest BCUT2D eigenvalue weighted by Gasteiger charge is -2.12. The summed E-state index contributed by atoms with van der Waals surface area (Å²) in [4.78, 5) is 5.81. The molecule has 0 radical (unpaired) electrons. The summed E-state index contributed by atoms with van der Waals surface area (Å²) in [6, 6.07) is 2.87. The summed E-state index contributed by atoms with van der Waals surface area (Å²) in [7, 11) is 0. The van der Waals surface area contributed by atoms with Crippen LogP contribution in [0.15, 0.2) is 12.3 Å². The van der Waals surface area contributed by atoms with Crippen molar-refractivity contribution >= 4 is 11.3 Å². The third-order valence-electron chi connectivity index (χ3n) is 3.63. The highest BCUT2D eigenvalue weighted by Gasteiger charge is 2.13. The van der Waals surface area contributed by atoms with Gasteiger partial charge in [0.25, 0.3) is 0 Å². The molecule has 2 aromatic rings. The zero-order chi connectivity index (χ0) is 14.7. The molecule has 2 unspecified atom stereocenters. The lowest BCUT2D eigenvalue weighted by Crippen LogP contribution is -2.18. The number of hydrogen-bond acceptors (Lipinski definition) is 4. The first kappa shape index (κ1) is 15.2. The molecule has 0 aliphatic carbocycles. The number of hydrogen-bond donors (Lipinski definition) is 1. The molecule has 0 amide bonds. The lowest BCUT2D eigenvalue weighted by atomic mass is 10.2. The second-order valence-electron chi connectivity index (χ2n) is 5.33. The van der Waals surface area contributed by atoms with Crippen molar-refractivity contribution in [1.29, 1.82) is 0 Å². The van der Waals surface area contributed by atoms with Crippen LogP contribution in [-0.4, -0.2) is 14.8 Å². The Morgan fingerprint density at radius 1 is 1.35 bits per heavy atom. The van der Waals surface area contributed by atoms with Gasteiger partial charge in [0.15, 0.2) is 0 Å². The van der Waals surface area contributed by atoms with Crippen LogP contribution in [0.3, 0.4) is 0 Å². The second-order valence-corrected chi connectivity index (χ2v) is 6.56. The molecule has 0 aromatic carbocycles. The summed E-state index contributed by atoms with van der Waals surface area (Å²) >= 11 is 1.77. The highest BCUT2D eigenvalue weighted by Crippen LogP contribution is 2.24. The van der Waals surface area contributed by atoms with E-state index in [2.05, 4.69) is 62.3 Å². The quantitative estimate of drug-likeness (QED) is 0.881. The first-order chi connectivity index (χ1) is 9.51. The number of aromatic nitrogens is 3. The molecule has 5 heteroatoms. The van der Waals surface area contributed by atoms with E-state index in [1.807, 2.05) is 4.68 Å². The minimum absolute atomic E-state index is 0.315. The van der Waals surface area contributed by atoms with Gasteiger partial charge in [-0.2, -0.15) is 5.10 Å². The molecule has 1 N–H and O–H groups in total. The molecule has 0 saturated carbocycles. The van der Waals surface area contributed by atoms with Crippen LogP contribution in [-0.2, 0) is 6.54 Å². The van der Waals surface area contributed by atoms with Crippen LogP contribution < -0.4 is 5.32 Å². The summed E-state index contributed by atoms with van der Waals surface area (Å²) in [5.74, 6) is 0. The van der Waals surface area contributed by atoms with Gasteiger partial charge >= 0.3 is 0 Å². The van der Waals surface area contributed by atoms with Gasteiger partial charge in [-0.15, -0.1) is 11.3 Å². The zero-order valence-corrected chi connectivity index (χ0v) is 13.8. The molecule has 0 aliphatic heterocycles. The summed E-state index contributed by atoms with van der Waals surface area (Å²) in [5, 5.41) is 9.28. The van der Waals surface area contributed by atoms with E-state index in [9.17, 15) is 0 Å². The van der Waals surface area contributed by atoms with E-state index in [1.165, 1.54) is 4.88 Å². The molecule has 2 atom stereocenters. The van der Waals surface area contributed by atoms with Gasteiger partial charge in [0.05, 0.1) is 16.4 Å². The first-order valence-electron chi connectivity index (χ1n) is 7.22. The summed E-state index contributed by atoms with van der Waals surface area (Å²) in [6.07, 6.45) is 3.17. The Kier molecular flexibility index (Phi) is 4.94. The molecule has 0 spiro atoms. The van der Waals surface area contributed by atoms with Crippen LogP contribution in [0.2, 0.25) is 0 Å². The summed E-state index contributed by atoms with van der Waals surface area (Å²) in [5.41, 5.74) is 2.23. The molecule has 4 nitrogen and oxygen atoms in total. The molecule has 0 bridgehead atoms. The van der Waals surface area contributed by atoms with E-state index < -0.39 is 0 Å². The van der Waals surface area contributed by atoms with E-state index in [-0.39, 0.29) is 0 Å². The fourth-order valence-electron chi connectivity index (χ4n) is 2.20. The fraction of sp³-hybridized carbons (Fsp3) is 0.600. The third-order valence-corrected chi connectivity index (χ3v) is 4.88. The average Bonchev–Trinajstić information content (AvgIpc) is 3.01. The molecule has 20 heavy (non-hydrogen) atoms. The highest BCUT2D eigenvalue weighted by atomic mass is 32.1. The van der Waals surface area contributed by atoms with E-state index in [0.717, 1.165) is 29.4 Å². The van der Waals surface area contributed by atoms with Crippen molar-refractivity contribution in [1.82, 2.24) is 20.1 Å². The van der Waals surface area contributed by atoms with E-state index in [1.54, 1.807) is 11.3 Å². The number of rotatable bonds is 6. The van der Waals surface area contributed by atoms with Crippen molar-refractivity contribution in [3.63, 3.8) is 0 Å². The highest BCUT2D eigenvalue weighted by molar-refractivity contribution is 7.11. The SMILES string of the molecule is CCC(C)n1ccc(CNC(C)c2sc(C)nc2C)n1. The van der Waals surface area contributed by atoms with Gasteiger partial charge in [-0.05, 0) is 40.2 Å². The van der Waals surface area contributed by atoms with Crippen LogP contribution >= 0.6 is 11.3 Å². The van der Waals surface area contributed by atoms with Crippen molar-refractivity contribution in [2.75, 3.05) is 0 Å². The van der Waals surface area contributed by atoms with Crippen LogP contribution in [0, 0.1) is 13.8 Å². The monoisotopic (exact) mass is 292 g/mol.